The van der Waals surface area contributed by atoms with Crippen LogP contribution < -0.4 is 9.62 Å². The van der Waals surface area contributed by atoms with E-state index in [4.69, 9.17) is 11.6 Å². The third-order valence-electron chi connectivity index (χ3n) is 6.34. The molecule has 0 saturated carbocycles. The molecule has 0 aliphatic heterocycles. The van der Waals surface area contributed by atoms with E-state index in [9.17, 15) is 18.0 Å². The zero-order valence-electron chi connectivity index (χ0n) is 22.0. The fourth-order valence-corrected chi connectivity index (χ4v) is 4.93. The van der Waals surface area contributed by atoms with Gasteiger partial charge in [-0.1, -0.05) is 36.7 Å². The molecule has 0 aliphatic carbocycles. The molecule has 0 radical (unpaired) electrons. The molecule has 9 heteroatoms. The minimum Gasteiger partial charge on any atom is -0.352 e. The van der Waals surface area contributed by atoms with Crippen LogP contribution in [-0.4, -0.2) is 50.0 Å². The maximum absolute atomic E-state index is 13.3. The quantitative estimate of drug-likeness (QED) is 0.421. The van der Waals surface area contributed by atoms with Crippen LogP contribution in [0.15, 0.2) is 42.5 Å². The number of rotatable bonds is 12. The maximum Gasteiger partial charge on any atom is 0.242 e. The second-order valence-corrected chi connectivity index (χ2v) is 11.7. The van der Waals surface area contributed by atoms with Crippen molar-refractivity contribution in [2.24, 2.45) is 0 Å². The van der Waals surface area contributed by atoms with E-state index in [0.717, 1.165) is 29.4 Å². The maximum atomic E-state index is 13.3. The summed E-state index contributed by atoms with van der Waals surface area (Å²) in [5.74, 6) is -0.456. The van der Waals surface area contributed by atoms with E-state index < -0.39 is 16.1 Å². The summed E-state index contributed by atoms with van der Waals surface area (Å²) in [6.07, 6.45) is 2.35. The average molecular weight is 536 g/mol. The molecule has 7 nitrogen and oxygen atoms in total. The van der Waals surface area contributed by atoms with E-state index in [0.29, 0.717) is 17.1 Å². The van der Waals surface area contributed by atoms with Crippen LogP contribution >= 0.6 is 11.6 Å². The second-order valence-electron chi connectivity index (χ2n) is 9.35. The van der Waals surface area contributed by atoms with Gasteiger partial charge in [-0.25, -0.2) is 8.42 Å². The van der Waals surface area contributed by atoms with Gasteiger partial charge in [-0.15, -0.1) is 0 Å². The largest absolute Gasteiger partial charge is 0.352 e. The van der Waals surface area contributed by atoms with E-state index >= 15 is 0 Å². The van der Waals surface area contributed by atoms with Crippen LogP contribution in [0.1, 0.15) is 56.7 Å². The van der Waals surface area contributed by atoms with Crippen LogP contribution in [0.3, 0.4) is 0 Å². The summed E-state index contributed by atoms with van der Waals surface area (Å²) in [5.41, 5.74) is 3.45. The molecule has 0 unspecified atom stereocenters. The van der Waals surface area contributed by atoms with Crippen LogP contribution in [0.2, 0.25) is 5.02 Å². The number of anilines is 1. The molecule has 2 rings (SSSR count). The van der Waals surface area contributed by atoms with E-state index in [1.807, 2.05) is 45.9 Å². The molecule has 1 N–H and O–H groups in total. The fraction of sp³-hybridized carbons (Fsp3) is 0.481. The zero-order chi connectivity index (χ0) is 27.0. The molecule has 0 spiro atoms. The summed E-state index contributed by atoms with van der Waals surface area (Å²) in [7, 11) is -3.54. The minimum absolute atomic E-state index is 0.00985. The molecule has 0 saturated heterocycles. The molecule has 0 heterocycles. The van der Waals surface area contributed by atoms with Crippen molar-refractivity contribution >= 4 is 39.1 Å². The van der Waals surface area contributed by atoms with Crippen LogP contribution in [0.25, 0.3) is 0 Å². The highest BCUT2D eigenvalue weighted by atomic mass is 35.5. The molecule has 0 bridgehead atoms. The van der Waals surface area contributed by atoms with Crippen LogP contribution in [-0.2, 0) is 26.2 Å². The Hall–Kier alpha value is -2.58. The minimum atomic E-state index is -3.54. The Morgan fingerprint density at radius 2 is 1.75 bits per heavy atom. The molecule has 0 aromatic heterocycles. The Morgan fingerprint density at radius 1 is 1.06 bits per heavy atom. The number of aryl methyl sites for hydroxylation is 2. The van der Waals surface area contributed by atoms with Gasteiger partial charge in [-0.2, -0.15) is 0 Å². The van der Waals surface area contributed by atoms with Crippen molar-refractivity contribution in [2.45, 2.75) is 72.5 Å². The molecular formula is C27H38ClN3O4S. The van der Waals surface area contributed by atoms with Crippen molar-refractivity contribution in [3.8, 4) is 0 Å². The summed E-state index contributed by atoms with van der Waals surface area (Å²) >= 11 is 6.13. The molecule has 0 fully saturated rings. The number of benzene rings is 2. The fourth-order valence-electron chi connectivity index (χ4n) is 3.76. The number of halogens is 1. The molecule has 2 atom stereocenters. The lowest BCUT2D eigenvalue weighted by atomic mass is 10.1. The highest BCUT2D eigenvalue weighted by Crippen LogP contribution is 2.22. The number of nitrogens with zero attached hydrogens (tertiary/aromatic N) is 2. The van der Waals surface area contributed by atoms with Gasteiger partial charge in [0.25, 0.3) is 0 Å². The molecule has 2 aromatic rings. The number of amides is 2. The standard InChI is InChI=1S/C27H38ClN3O4S/c1-7-21(4)29-27(33)22(5)30(18-23-10-8-11-24(28)17-23)26(32)12-9-15-31(36(6,34)35)25-14-13-19(2)20(3)16-25/h8,10-11,13-14,16-17,21-22H,7,9,12,15,18H2,1-6H3,(H,29,33)/t21-,22-/m0/s1. The summed E-state index contributed by atoms with van der Waals surface area (Å²) in [6.45, 7) is 9.89. The van der Waals surface area contributed by atoms with Crippen molar-refractivity contribution in [3.05, 3.63) is 64.2 Å². The number of sulfonamides is 1. The van der Waals surface area contributed by atoms with E-state index in [-0.39, 0.29) is 37.4 Å². The van der Waals surface area contributed by atoms with Crippen LogP contribution in [0, 0.1) is 13.8 Å². The monoisotopic (exact) mass is 535 g/mol. The first kappa shape index (κ1) is 29.6. The van der Waals surface area contributed by atoms with Gasteiger partial charge in [0.1, 0.15) is 6.04 Å². The van der Waals surface area contributed by atoms with Gasteiger partial charge in [0.05, 0.1) is 11.9 Å². The zero-order valence-corrected chi connectivity index (χ0v) is 23.6. The first-order chi connectivity index (χ1) is 16.8. The SMILES string of the molecule is CC[C@H](C)NC(=O)[C@H](C)N(Cc1cccc(Cl)c1)C(=O)CCCN(c1ccc(C)c(C)c1)S(C)(=O)=O. The second kappa shape index (κ2) is 13.1. The third-order valence-corrected chi connectivity index (χ3v) is 7.77. The van der Waals surface area contributed by atoms with Gasteiger partial charge in [-0.3, -0.25) is 13.9 Å². The number of carbonyl (C=O) groups is 2. The molecular weight excluding hydrogens is 498 g/mol. The average Bonchev–Trinajstić information content (AvgIpc) is 2.80. The van der Waals surface area contributed by atoms with E-state index in [1.54, 1.807) is 31.2 Å². The Morgan fingerprint density at radius 3 is 2.33 bits per heavy atom. The number of carbonyl (C=O) groups excluding carboxylic acids is 2. The lowest BCUT2D eigenvalue weighted by molar-refractivity contribution is -0.140. The van der Waals surface area contributed by atoms with Gasteiger partial charge >= 0.3 is 0 Å². The number of hydrogen-bond donors (Lipinski definition) is 1. The highest BCUT2D eigenvalue weighted by molar-refractivity contribution is 7.92. The van der Waals surface area contributed by atoms with Gasteiger partial charge in [0.2, 0.25) is 21.8 Å². The number of hydrogen-bond acceptors (Lipinski definition) is 4. The Labute approximate surface area is 220 Å². The smallest absolute Gasteiger partial charge is 0.242 e. The summed E-state index contributed by atoms with van der Waals surface area (Å²) < 4.78 is 26.3. The van der Waals surface area contributed by atoms with Crippen LogP contribution in [0.5, 0.6) is 0 Å². The van der Waals surface area contributed by atoms with Crippen molar-refractivity contribution in [1.29, 1.82) is 0 Å². The molecule has 2 aromatic carbocycles. The Bertz CT molecular complexity index is 1170. The topological polar surface area (TPSA) is 86.8 Å². The first-order valence-electron chi connectivity index (χ1n) is 12.2. The van der Waals surface area contributed by atoms with Gasteiger partial charge < -0.3 is 10.2 Å². The van der Waals surface area contributed by atoms with Crippen molar-refractivity contribution in [2.75, 3.05) is 17.1 Å². The van der Waals surface area contributed by atoms with E-state index in [1.165, 1.54) is 9.21 Å². The summed E-state index contributed by atoms with van der Waals surface area (Å²) in [5, 5.41) is 3.49. The lowest BCUT2D eigenvalue weighted by Gasteiger charge is -2.30. The normalized spacial score (nSPS) is 13.1. The summed E-state index contributed by atoms with van der Waals surface area (Å²) in [4.78, 5) is 27.7. The van der Waals surface area contributed by atoms with Crippen LogP contribution in [0.4, 0.5) is 5.69 Å². The predicted octanol–water partition coefficient (Wildman–Crippen LogP) is 4.84. The van der Waals surface area contributed by atoms with Crippen molar-refractivity contribution < 1.29 is 18.0 Å². The van der Waals surface area contributed by atoms with Gasteiger partial charge in [0, 0.05) is 30.6 Å². The van der Waals surface area contributed by atoms with E-state index in [2.05, 4.69) is 5.32 Å². The molecule has 2 amide bonds. The third kappa shape index (κ3) is 8.52. The predicted molar refractivity (Wildman–Crippen MR) is 147 cm³/mol. The number of nitrogens with one attached hydrogen (secondary N) is 1. The Balaban J connectivity index is 2.19. The first-order valence-corrected chi connectivity index (χ1v) is 14.4. The summed E-state index contributed by atoms with van der Waals surface area (Å²) in [6, 6.07) is 12.0. The van der Waals surface area contributed by atoms with Crippen molar-refractivity contribution in [1.82, 2.24) is 10.2 Å². The van der Waals surface area contributed by atoms with Gasteiger partial charge in [0.15, 0.2) is 0 Å². The Kier molecular flexibility index (Phi) is 10.8. The molecule has 0 aliphatic rings. The highest BCUT2D eigenvalue weighted by Gasteiger charge is 2.27. The van der Waals surface area contributed by atoms with Gasteiger partial charge in [-0.05, 0) is 81.5 Å². The molecule has 36 heavy (non-hydrogen) atoms. The lowest BCUT2D eigenvalue weighted by Crippen LogP contribution is -2.49. The molecule has 198 valence electrons. The van der Waals surface area contributed by atoms with Crippen molar-refractivity contribution in [3.63, 3.8) is 0 Å².